The molecule has 1 atom stereocenters. The van der Waals surface area contributed by atoms with Gasteiger partial charge >= 0.3 is 6.18 Å². The van der Waals surface area contributed by atoms with Gasteiger partial charge in [-0.15, -0.1) is 0 Å². The monoisotopic (exact) mass is 274 g/mol. The Morgan fingerprint density at radius 1 is 1.50 bits per heavy atom. The first-order valence-electron chi connectivity index (χ1n) is 4.86. The molecule has 0 aliphatic rings. The van der Waals surface area contributed by atoms with Crippen molar-refractivity contribution in [2.75, 3.05) is 5.32 Å². The fraction of sp³-hybridized carbons (Fsp3) is 0.273. The number of nitrogens with zero attached hydrogens (tertiary/aromatic N) is 1. The van der Waals surface area contributed by atoms with Crippen molar-refractivity contribution in [3.05, 3.63) is 29.3 Å². The molecular weight excluding hydrogens is 265 g/mol. The van der Waals surface area contributed by atoms with Gasteiger partial charge in [0.25, 0.3) is 0 Å². The molecule has 96 valence electrons. The van der Waals surface area contributed by atoms with Gasteiger partial charge in [0.15, 0.2) is 0 Å². The molecule has 0 saturated carbocycles. The minimum absolute atomic E-state index is 0.0211. The van der Waals surface area contributed by atoms with Crippen molar-refractivity contribution in [1.82, 2.24) is 0 Å². The van der Waals surface area contributed by atoms with Crippen LogP contribution in [0.3, 0.4) is 0 Å². The molecule has 0 heterocycles. The average molecular weight is 274 g/mol. The molecule has 1 N–H and O–H groups in total. The van der Waals surface area contributed by atoms with E-state index in [1.807, 2.05) is 0 Å². The Kier molecular flexibility index (Phi) is 4.24. The predicted octanol–water partition coefficient (Wildman–Crippen LogP) is 2.83. The van der Waals surface area contributed by atoms with Crippen molar-refractivity contribution in [1.29, 1.82) is 5.26 Å². The molecule has 0 spiro atoms. The number of thiol groups is 1. The van der Waals surface area contributed by atoms with Crippen LogP contribution in [0, 0.1) is 11.3 Å². The molecule has 1 amide bonds. The summed E-state index contributed by atoms with van der Waals surface area (Å²) in [5.41, 5.74) is -1.58. The highest BCUT2D eigenvalue weighted by Crippen LogP contribution is 2.33. The summed E-state index contributed by atoms with van der Waals surface area (Å²) < 4.78 is 37.9. The molecule has 0 saturated heterocycles. The minimum atomic E-state index is -4.64. The molecule has 0 bridgehead atoms. The maximum absolute atomic E-state index is 12.6. The standard InChI is InChI=1S/C11H9F3N2OS/c1-6(18)10(17)16-8-3-2-7(5-15)9(4-8)11(12,13)14/h2-4,6,18H,1H3,(H,16,17). The number of halogens is 3. The number of anilines is 1. The lowest BCUT2D eigenvalue weighted by Crippen LogP contribution is -2.21. The summed E-state index contributed by atoms with van der Waals surface area (Å²) in [5, 5.41) is 10.2. The van der Waals surface area contributed by atoms with Crippen LogP contribution in [0.15, 0.2) is 18.2 Å². The summed E-state index contributed by atoms with van der Waals surface area (Å²) >= 11 is 3.86. The zero-order valence-electron chi connectivity index (χ0n) is 9.25. The number of carbonyl (C=O) groups is 1. The minimum Gasteiger partial charge on any atom is -0.325 e. The molecule has 0 aliphatic heterocycles. The Labute approximate surface area is 107 Å². The SMILES string of the molecule is CC(S)C(=O)Nc1ccc(C#N)c(C(F)(F)F)c1. The van der Waals surface area contributed by atoms with E-state index >= 15 is 0 Å². The largest absolute Gasteiger partial charge is 0.417 e. The normalized spacial score (nSPS) is 12.7. The quantitative estimate of drug-likeness (QED) is 0.815. The van der Waals surface area contributed by atoms with Gasteiger partial charge in [0.2, 0.25) is 5.91 Å². The third kappa shape index (κ3) is 3.40. The highest BCUT2D eigenvalue weighted by molar-refractivity contribution is 7.81. The molecule has 0 radical (unpaired) electrons. The zero-order chi connectivity index (χ0) is 13.9. The molecule has 1 unspecified atom stereocenters. The van der Waals surface area contributed by atoms with E-state index in [4.69, 9.17) is 5.26 Å². The fourth-order valence-corrected chi connectivity index (χ4v) is 1.27. The highest BCUT2D eigenvalue weighted by atomic mass is 32.1. The second-order valence-electron chi connectivity index (χ2n) is 3.54. The van der Waals surface area contributed by atoms with Crippen LogP contribution in [-0.4, -0.2) is 11.2 Å². The summed E-state index contributed by atoms with van der Waals surface area (Å²) in [4.78, 5) is 11.3. The summed E-state index contributed by atoms with van der Waals surface area (Å²) in [6, 6.07) is 4.44. The number of alkyl halides is 3. The van der Waals surface area contributed by atoms with Crippen LogP contribution in [0.4, 0.5) is 18.9 Å². The van der Waals surface area contributed by atoms with E-state index in [0.29, 0.717) is 0 Å². The highest BCUT2D eigenvalue weighted by Gasteiger charge is 2.34. The van der Waals surface area contributed by atoms with Crippen LogP contribution >= 0.6 is 12.6 Å². The number of rotatable bonds is 2. The molecule has 7 heteroatoms. The van der Waals surface area contributed by atoms with Gasteiger partial charge in [0.05, 0.1) is 22.4 Å². The van der Waals surface area contributed by atoms with E-state index in [2.05, 4.69) is 17.9 Å². The first-order chi connectivity index (χ1) is 8.25. The van der Waals surface area contributed by atoms with E-state index in [1.54, 1.807) is 0 Å². The number of hydrogen-bond donors (Lipinski definition) is 2. The third-order valence-corrected chi connectivity index (χ3v) is 2.33. The first-order valence-corrected chi connectivity index (χ1v) is 5.37. The predicted molar refractivity (Wildman–Crippen MR) is 63.2 cm³/mol. The smallest absolute Gasteiger partial charge is 0.325 e. The number of amides is 1. The number of nitriles is 1. The summed E-state index contributed by atoms with van der Waals surface area (Å²) in [6.07, 6.45) is -4.64. The van der Waals surface area contributed by atoms with Crippen LogP contribution in [0.1, 0.15) is 18.1 Å². The Hall–Kier alpha value is -1.68. The lowest BCUT2D eigenvalue weighted by atomic mass is 10.1. The lowest BCUT2D eigenvalue weighted by molar-refractivity contribution is -0.137. The summed E-state index contributed by atoms with van der Waals surface area (Å²) in [6.45, 7) is 1.49. The maximum Gasteiger partial charge on any atom is 0.417 e. The maximum atomic E-state index is 12.6. The second-order valence-corrected chi connectivity index (χ2v) is 4.31. The van der Waals surface area contributed by atoms with E-state index in [1.165, 1.54) is 19.1 Å². The molecule has 0 aromatic heterocycles. The Morgan fingerprint density at radius 3 is 2.56 bits per heavy atom. The molecule has 1 rings (SSSR count). The van der Waals surface area contributed by atoms with Crippen LogP contribution < -0.4 is 5.32 Å². The molecule has 1 aromatic rings. The van der Waals surface area contributed by atoms with Gasteiger partial charge in [-0.2, -0.15) is 31.1 Å². The van der Waals surface area contributed by atoms with Crippen LogP contribution in [-0.2, 0) is 11.0 Å². The van der Waals surface area contributed by atoms with Crippen molar-refractivity contribution in [2.24, 2.45) is 0 Å². The van der Waals surface area contributed by atoms with Gasteiger partial charge in [-0.1, -0.05) is 0 Å². The van der Waals surface area contributed by atoms with E-state index in [-0.39, 0.29) is 5.69 Å². The summed E-state index contributed by atoms with van der Waals surface area (Å²) in [5.74, 6) is -0.517. The Balaban J connectivity index is 3.13. The number of carbonyl (C=O) groups excluding carboxylic acids is 1. The third-order valence-electron chi connectivity index (χ3n) is 2.09. The van der Waals surface area contributed by atoms with Gasteiger partial charge in [0, 0.05) is 5.69 Å². The molecule has 1 aromatic carbocycles. The lowest BCUT2D eigenvalue weighted by Gasteiger charge is -2.12. The Bertz CT molecular complexity index is 506. The van der Waals surface area contributed by atoms with Crippen molar-refractivity contribution in [3.63, 3.8) is 0 Å². The van der Waals surface area contributed by atoms with Crippen molar-refractivity contribution in [3.8, 4) is 6.07 Å². The zero-order valence-corrected chi connectivity index (χ0v) is 10.1. The van der Waals surface area contributed by atoms with E-state index in [9.17, 15) is 18.0 Å². The fourth-order valence-electron chi connectivity index (χ4n) is 1.20. The topological polar surface area (TPSA) is 52.9 Å². The molecule has 0 aliphatic carbocycles. The van der Waals surface area contributed by atoms with E-state index in [0.717, 1.165) is 12.1 Å². The van der Waals surface area contributed by atoms with Gasteiger partial charge < -0.3 is 5.32 Å². The molecule has 18 heavy (non-hydrogen) atoms. The number of nitrogens with one attached hydrogen (secondary N) is 1. The number of benzene rings is 1. The molecule has 0 fully saturated rings. The van der Waals surface area contributed by atoms with Crippen LogP contribution in [0.5, 0.6) is 0 Å². The van der Waals surface area contributed by atoms with E-state index < -0.39 is 28.5 Å². The Morgan fingerprint density at radius 2 is 2.11 bits per heavy atom. The average Bonchev–Trinajstić information content (AvgIpc) is 2.27. The van der Waals surface area contributed by atoms with Gasteiger partial charge in [-0.25, -0.2) is 0 Å². The van der Waals surface area contributed by atoms with Crippen LogP contribution in [0.2, 0.25) is 0 Å². The second kappa shape index (κ2) is 5.31. The van der Waals surface area contributed by atoms with Crippen molar-refractivity contribution in [2.45, 2.75) is 18.3 Å². The van der Waals surface area contributed by atoms with Gasteiger partial charge in [-0.05, 0) is 25.1 Å². The molecule has 3 nitrogen and oxygen atoms in total. The number of hydrogen-bond acceptors (Lipinski definition) is 3. The van der Waals surface area contributed by atoms with Crippen molar-refractivity contribution >= 4 is 24.2 Å². The summed E-state index contributed by atoms with van der Waals surface area (Å²) in [7, 11) is 0. The van der Waals surface area contributed by atoms with Crippen LogP contribution in [0.25, 0.3) is 0 Å². The van der Waals surface area contributed by atoms with Gasteiger partial charge in [-0.3, -0.25) is 4.79 Å². The van der Waals surface area contributed by atoms with Crippen molar-refractivity contribution < 1.29 is 18.0 Å². The molecular formula is C11H9F3N2OS. The first kappa shape index (κ1) is 14.4. The van der Waals surface area contributed by atoms with Gasteiger partial charge in [0.1, 0.15) is 0 Å².